The van der Waals surface area contributed by atoms with E-state index in [1.54, 1.807) is 0 Å². The van der Waals surface area contributed by atoms with Crippen LogP contribution >= 0.6 is 12.4 Å². The van der Waals surface area contributed by atoms with Gasteiger partial charge in [-0.3, -0.25) is 4.79 Å². The summed E-state index contributed by atoms with van der Waals surface area (Å²) in [5, 5.41) is 0. The number of carbonyl (C=O) groups excluding carboxylic acids is 1. The topological polar surface area (TPSA) is 52.3 Å². The number of fused-ring (bicyclic) bond motifs is 1. The summed E-state index contributed by atoms with van der Waals surface area (Å²) in [5.41, 5.74) is 8.11. The Morgan fingerprint density at radius 2 is 1.94 bits per heavy atom. The molecule has 88 valence electrons. The molecule has 1 aliphatic carbocycles. The third-order valence-electron chi connectivity index (χ3n) is 3.02. The number of benzene rings is 1. The second-order valence-electron chi connectivity index (χ2n) is 3.89. The zero-order valence-corrected chi connectivity index (χ0v) is 10.00. The van der Waals surface area contributed by atoms with Crippen LogP contribution in [0.3, 0.4) is 0 Å². The van der Waals surface area contributed by atoms with E-state index in [9.17, 15) is 4.79 Å². The van der Waals surface area contributed by atoms with Gasteiger partial charge >= 0.3 is 5.97 Å². The van der Waals surface area contributed by atoms with Crippen molar-refractivity contribution in [2.24, 2.45) is 5.73 Å². The number of ether oxygens (including phenoxy) is 1. The highest BCUT2D eigenvalue weighted by Crippen LogP contribution is 2.36. The molecule has 2 atom stereocenters. The number of halogens is 1. The first-order valence-electron chi connectivity index (χ1n) is 5.16. The molecule has 0 aromatic heterocycles. The molecule has 4 heteroatoms. The molecule has 0 heterocycles. The molecule has 0 amide bonds. The van der Waals surface area contributed by atoms with E-state index >= 15 is 0 Å². The molecule has 1 aliphatic rings. The normalized spacial score (nSPS) is 22.9. The van der Waals surface area contributed by atoms with Gasteiger partial charge in [0.1, 0.15) is 0 Å². The Morgan fingerprint density at radius 3 is 2.56 bits per heavy atom. The van der Waals surface area contributed by atoms with Crippen molar-refractivity contribution in [2.45, 2.75) is 24.8 Å². The molecule has 0 bridgehead atoms. The van der Waals surface area contributed by atoms with Crippen molar-refractivity contribution in [3.63, 3.8) is 0 Å². The quantitative estimate of drug-likeness (QED) is 0.767. The lowest BCUT2D eigenvalue weighted by Crippen LogP contribution is -2.25. The molecule has 0 saturated carbocycles. The zero-order chi connectivity index (χ0) is 10.8. The maximum absolute atomic E-state index is 11.6. The Labute approximate surface area is 101 Å². The van der Waals surface area contributed by atoms with Crippen LogP contribution in [0, 0.1) is 0 Å². The molecular formula is C12H16ClNO2. The van der Waals surface area contributed by atoms with Crippen molar-refractivity contribution in [1.82, 2.24) is 0 Å². The van der Waals surface area contributed by atoms with Crippen LogP contribution in [0.25, 0.3) is 0 Å². The Morgan fingerprint density at radius 1 is 1.31 bits per heavy atom. The van der Waals surface area contributed by atoms with Gasteiger partial charge in [-0.25, -0.2) is 0 Å². The molecule has 0 fully saturated rings. The molecule has 1 aromatic carbocycles. The van der Waals surface area contributed by atoms with Gasteiger partial charge in [0.05, 0.1) is 13.0 Å². The summed E-state index contributed by atoms with van der Waals surface area (Å²) in [6.07, 6.45) is 1.63. The molecule has 2 N–H and O–H groups in total. The highest BCUT2D eigenvalue weighted by atomic mass is 35.5. The van der Waals surface area contributed by atoms with Gasteiger partial charge in [0.25, 0.3) is 0 Å². The molecule has 0 radical (unpaired) electrons. The molecule has 1 aromatic rings. The highest BCUT2D eigenvalue weighted by Gasteiger charge is 2.30. The SMILES string of the molecule is COC(=O)C1CCC(N)c2ccccc21.Cl. The number of carbonyl (C=O) groups is 1. The zero-order valence-electron chi connectivity index (χ0n) is 9.18. The van der Waals surface area contributed by atoms with Crippen molar-refractivity contribution >= 4 is 18.4 Å². The van der Waals surface area contributed by atoms with Gasteiger partial charge in [-0.15, -0.1) is 12.4 Å². The fourth-order valence-corrected chi connectivity index (χ4v) is 2.21. The number of esters is 1. The van der Waals surface area contributed by atoms with Gasteiger partial charge < -0.3 is 10.5 Å². The highest BCUT2D eigenvalue weighted by molar-refractivity contribution is 5.85. The Bertz CT molecular complexity index is 381. The lowest BCUT2D eigenvalue weighted by Gasteiger charge is -2.27. The average Bonchev–Trinajstić information content (AvgIpc) is 2.29. The summed E-state index contributed by atoms with van der Waals surface area (Å²) < 4.78 is 4.80. The summed E-state index contributed by atoms with van der Waals surface area (Å²) in [6, 6.07) is 7.91. The van der Waals surface area contributed by atoms with E-state index in [-0.39, 0.29) is 30.3 Å². The van der Waals surface area contributed by atoms with Gasteiger partial charge in [0.2, 0.25) is 0 Å². The molecule has 2 rings (SSSR count). The van der Waals surface area contributed by atoms with Crippen LogP contribution in [-0.2, 0) is 9.53 Å². The van der Waals surface area contributed by atoms with E-state index in [0.717, 1.165) is 24.0 Å². The number of nitrogens with two attached hydrogens (primary N) is 1. The molecule has 0 spiro atoms. The molecule has 2 unspecified atom stereocenters. The Kier molecular flexibility index (Phi) is 4.33. The first-order valence-corrected chi connectivity index (χ1v) is 5.16. The Balaban J connectivity index is 0.00000128. The van der Waals surface area contributed by atoms with Crippen molar-refractivity contribution in [3.8, 4) is 0 Å². The first-order chi connectivity index (χ1) is 7.24. The third kappa shape index (κ3) is 2.20. The lowest BCUT2D eigenvalue weighted by atomic mass is 9.80. The summed E-state index contributed by atoms with van der Waals surface area (Å²) in [6.45, 7) is 0. The van der Waals surface area contributed by atoms with Crippen LogP contribution in [0.2, 0.25) is 0 Å². The van der Waals surface area contributed by atoms with Gasteiger partial charge in [0.15, 0.2) is 0 Å². The molecule has 16 heavy (non-hydrogen) atoms. The Hall–Kier alpha value is -1.06. The van der Waals surface area contributed by atoms with E-state index in [2.05, 4.69) is 0 Å². The van der Waals surface area contributed by atoms with Crippen LogP contribution in [0.1, 0.15) is 35.9 Å². The van der Waals surface area contributed by atoms with Crippen LogP contribution in [0.15, 0.2) is 24.3 Å². The van der Waals surface area contributed by atoms with Crippen molar-refractivity contribution in [3.05, 3.63) is 35.4 Å². The molecule has 3 nitrogen and oxygen atoms in total. The first kappa shape index (κ1) is 13.0. The summed E-state index contributed by atoms with van der Waals surface area (Å²) >= 11 is 0. The molecule has 0 aliphatic heterocycles. The largest absolute Gasteiger partial charge is 0.469 e. The van der Waals surface area contributed by atoms with Crippen molar-refractivity contribution in [1.29, 1.82) is 0 Å². The summed E-state index contributed by atoms with van der Waals surface area (Å²) in [5.74, 6) is -0.291. The standard InChI is InChI=1S/C12H15NO2.ClH/c1-15-12(14)10-6-7-11(13)9-5-3-2-4-8(9)10;/h2-5,10-11H,6-7,13H2,1H3;1H. The second kappa shape index (κ2) is 5.32. The van der Waals surface area contributed by atoms with Gasteiger partial charge in [0, 0.05) is 6.04 Å². The van der Waals surface area contributed by atoms with Crippen molar-refractivity contribution in [2.75, 3.05) is 7.11 Å². The predicted molar refractivity (Wildman–Crippen MR) is 64.6 cm³/mol. The monoisotopic (exact) mass is 241 g/mol. The van der Waals surface area contributed by atoms with Gasteiger partial charge in [-0.2, -0.15) is 0 Å². The van der Waals surface area contributed by atoms with E-state index in [0.29, 0.717) is 0 Å². The number of hydrogen-bond donors (Lipinski definition) is 1. The minimum Gasteiger partial charge on any atom is -0.469 e. The van der Waals surface area contributed by atoms with Gasteiger partial charge in [-0.05, 0) is 24.0 Å². The lowest BCUT2D eigenvalue weighted by molar-refractivity contribution is -0.142. The number of rotatable bonds is 1. The summed E-state index contributed by atoms with van der Waals surface area (Å²) in [4.78, 5) is 11.6. The van der Waals surface area contributed by atoms with E-state index in [4.69, 9.17) is 10.5 Å². The maximum atomic E-state index is 11.6. The van der Waals surface area contributed by atoms with Crippen LogP contribution in [-0.4, -0.2) is 13.1 Å². The minimum atomic E-state index is -0.158. The molecular weight excluding hydrogens is 226 g/mol. The van der Waals surface area contributed by atoms with Crippen molar-refractivity contribution < 1.29 is 9.53 Å². The fourth-order valence-electron chi connectivity index (χ4n) is 2.21. The minimum absolute atomic E-state index is 0. The molecule has 0 saturated heterocycles. The number of hydrogen-bond acceptors (Lipinski definition) is 3. The fraction of sp³-hybridized carbons (Fsp3) is 0.417. The third-order valence-corrected chi connectivity index (χ3v) is 3.02. The van der Waals surface area contributed by atoms with Gasteiger partial charge in [-0.1, -0.05) is 24.3 Å². The van der Waals surface area contributed by atoms with E-state index in [1.807, 2.05) is 24.3 Å². The average molecular weight is 242 g/mol. The predicted octanol–water partition coefficient (Wildman–Crippen LogP) is 2.16. The smallest absolute Gasteiger partial charge is 0.313 e. The van der Waals surface area contributed by atoms with E-state index in [1.165, 1.54) is 7.11 Å². The summed E-state index contributed by atoms with van der Waals surface area (Å²) in [7, 11) is 1.43. The second-order valence-corrected chi connectivity index (χ2v) is 3.89. The van der Waals surface area contributed by atoms with Crippen LogP contribution in [0.5, 0.6) is 0 Å². The van der Waals surface area contributed by atoms with Crippen LogP contribution < -0.4 is 5.73 Å². The van der Waals surface area contributed by atoms with E-state index < -0.39 is 0 Å². The maximum Gasteiger partial charge on any atom is 0.313 e. The number of methoxy groups -OCH3 is 1. The van der Waals surface area contributed by atoms with Crippen LogP contribution in [0.4, 0.5) is 0 Å².